The number of nitrogens with two attached hydrogens (primary N) is 1. The van der Waals surface area contributed by atoms with Crippen LogP contribution in [0.15, 0.2) is 46.1 Å². The van der Waals surface area contributed by atoms with Crippen molar-refractivity contribution >= 4 is 57.7 Å². The molecule has 13 nitrogen and oxygen atoms in total. The van der Waals surface area contributed by atoms with Crippen LogP contribution < -0.4 is 15.8 Å². The fourth-order valence-electron chi connectivity index (χ4n) is 3.83. The largest absolute Gasteiger partial charge is 0.489 e. The third-order valence-corrected chi connectivity index (χ3v) is 7.93. The predicted molar refractivity (Wildman–Crippen MR) is 151 cm³/mol. The number of anilines is 1. The van der Waals surface area contributed by atoms with Gasteiger partial charge in [0.05, 0.1) is 5.41 Å². The summed E-state index contributed by atoms with van der Waals surface area (Å²) < 4.78 is 42.1. The molecule has 3 N–H and O–H groups in total. The van der Waals surface area contributed by atoms with Gasteiger partial charge in [0.25, 0.3) is 18.7 Å². The fourth-order valence-corrected chi connectivity index (χ4v) is 5.71. The second-order valence-corrected chi connectivity index (χ2v) is 12.0. The molecular formula is C26H27F2N5O8S2. The molecule has 1 unspecified atom stereocenters. The van der Waals surface area contributed by atoms with Gasteiger partial charge in [-0.2, -0.15) is 0 Å². The van der Waals surface area contributed by atoms with Gasteiger partial charge in [-0.05, 0) is 32.9 Å². The molecular weight excluding hydrogens is 612 g/mol. The second-order valence-electron chi connectivity index (χ2n) is 10.0. The number of ether oxygens (including phenoxy) is 3. The lowest BCUT2D eigenvalue weighted by Gasteiger charge is -2.49. The number of oxime groups is 1. The third kappa shape index (κ3) is 7.40. The van der Waals surface area contributed by atoms with Crippen molar-refractivity contribution in [1.82, 2.24) is 15.2 Å². The minimum Gasteiger partial charge on any atom is -0.489 e. The van der Waals surface area contributed by atoms with Crippen molar-refractivity contribution in [2.75, 3.05) is 31.7 Å². The SMILES string of the molecule is CC(C)(C)C(=O)OCOC(=O)C1=C(COc2cccc(F)c2)CS[C@H]2C(NC(=O)C(=NOCF)c3csc(N)n3)C(=O)N12. The molecule has 0 radical (unpaired) electrons. The Balaban J connectivity index is 1.53. The zero-order valence-corrected chi connectivity index (χ0v) is 24.8. The number of esters is 2. The van der Waals surface area contributed by atoms with Crippen LogP contribution in [-0.2, 0) is 33.5 Å². The van der Waals surface area contributed by atoms with Crippen molar-refractivity contribution in [3.05, 3.63) is 52.4 Å². The van der Waals surface area contributed by atoms with Crippen LogP contribution in [-0.4, -0.2) is 76.8 Å². The van der Waals surface area contributed by atoms with Crippen molar-refractivity contribution in [2.45, 2.75) is 32.2 Å². The van der Waals surface area contributed by atoms with Crippen LogP contribution in [0.4, 0.5) is 13.9 Å². The number of halogens is 2. The highest BCUT2D eigenvalue weighted by Crippen LogP contribution is 2.41. The van der Waals surface area contributed by atoms with Gasteiger partial charge in [0.2, 0.25) is 6.79 Å². The summed E-state index contributed by atoms with van der Waals surface area (Å²) in [5.41, 5.74) is 4.57. The first-order valence-electron chi connectivity index (χ1n) is 12.6. The number of alkyl halides is 1. The van der Waals surface area contributed by atoms with Crippen LogP contribution >= 0.6 is 23.1 Å². The molecule has 1 fully saturated rings. The summed E-state index contributed by atoms with van der Waals surface area (Å²) in [7, 11) is 0. The Morgan fingerprint density at radius 2 is 2.02 bits per heavy atom. The fraction of sp³-hybridized carbons (Fsp3) is 0.385. The molecule has 1 saturated heterocycles. The minimum atomic E-state index is -1.31. The first-order valence-corrected chi connectivity index (χ1v) is 14.5. The molecule has 230 valence electrons. The van der Waals surface area contributed by atoms with E-state index < -0.39 is 65.8 Å². The van der Waals surface area contributed by atoms with E-state index in [1.807, 2.05) is 0 Å². The predicted octanol–water partition coefficient (Wildman–Crippen LogP) is 2.34. The van der Waals surface area contributed by atoms with Crippen LogP contribution in [0.5, 0.6) is 5.75 Å². The Bertz CT molecular complexity index is 1480. The highest BCUT2D eigenvalue weighted by molar-refractivity contribution is 8.00. The first-order chi connectivity index (χ1) is 20.4. The summed E-state index contributed by atoms with van der Waals surface area (Å²) in [6, 6.07) is 4.26. The van der Waals surface area contributed by atoms with Gasteiger partial charge < -0.3 is 30.1 Å². The molecule has 0 spiro atoms. The maximum Gasteiger partial charge on any atom is 0.358 e. The number of hydrogen-bond acceptors (Lipinski definition) is 13. The van der Waals surface area contributed by atoms with Gasteiger partial charge in [0, 0.05) is 22.8 Å². The molecule has 3 heterocycles. The molecule has 2 aliphatic rings. The van der Waals surface area contributed by atoms with E-state index in [2.05, 4.69) is 20.3 Å². The Hall–Kier alpha value is -4.25. The number of carbonyl (C=O) groups is 4. The lowest BCUT2D eigenvalue weighted by atomic mass is 9.98. The number of nitrogens with one attached hydrogen (secondary N) is 1. The Morgan fingerprint density at radius 1 is 1.26 bits per heavy atom. The summed E-state index contributed by atoms with van der Waals surface area (Å²) in [5.74, 6) is -3.31. The van der Waals surface area contributed by atoms with Gasteiger partial charge in [-0.15, -0.1) is 23.1 Å². The quantitative estimate of drug-likeness (QED) is 0.122. The van der Waals surface area contributed by atoms with Crippen LogP contribution in [0.3, 0.4) is 0 Å². The Kier molecular flexibility index (Phi) is 9.85. The van der Waals surface area contributed by atoms with Crippen LogP contribution in [0.2, 0.25) is 0 Å². The van der Waals surface area contributed by atoms with Crippen LogP contribution in [0, 0.1) is 11.2 Å². The molecule has 0 saturated carbocycles. The smallest absolute Gasteiger partial charge is 0.358 e. The van der Waals surface area contributed by atoms with E-state index in [4.69, 9.17) is 19.9 Å². The normalized spacial score (nSPS) is 18.4. The topological polar surface area (TPSA) is 172 Å². The number of hydrogen-bond donors (Lipinski definition) is 2. The standard InChI is InChI=1S/C26H27F2N5O8S2/c1-26(2,3)24(37)40-12-39-23(36)19-13(8-38-15-6-4-5-14(28)7-15)9-42-22-18(21(35)33(19)22)31-20(34)17(32-41-11-27)16-10-43-25(29)30-16/h4-7,10,18,22H,8-9,11-12H2,1-3H3,(H2,29,30)(H,31,34)/t18?,22-/m0/s1. The average Bonchev–Trinajstić information content (AvgIpc) is 3.39. The van der Waals surface area contributed by atoms with Crippen molar-refractivity contribution < 1.29 is 47.0 Å². The van der Waals surface area contributed by atoms with Gasteiger partial charge in [0.15, 0.2) is 10.8 Å². The highest BCUT2D eigenvalue weighted by atomic mass is 32.2. The van der Waals surface area contributed by atoms with Gasteiger partial charge in [-0.25, -0.2) is 18.6 Å². The molecule has 2 atom stereocenters. The van der Waals surface area contributed by atoms with Gasteiger partial charge >= 0.3 is 11.9 Å². The summed E-state index contributed by atoms with van der Waals surface area (Å²) in [5, 5.41) is 6.76. The average molecular weight is 640 g/mol. The molecule has 4 rings (SSSR count). The zero-order chi connectivity index (χ0) is 31.3. The van der Waals surface area contributed by atoms with E-state index >= 15 is 0 Å². The number of nitrogen functional groups attached to an aromatic ring is 1. The molecule has 43 heavy (non-hydrogen) atoms. The van der Waals surface area contributed by atoms with E-state index in [1.165, 1.54) is 35.3 Å². The molecule has 2 aliphatic heterocycles. The Labute approximate surface area is 252 Å². The van der Waals surface area contributed by atoms with Gasteiger partial charge in [-0.3, -0.25) is 19.3 Å². The third-order valence-electron chi connectivity index (χ3n) is 5.91. The van der Waals surface area contributed by atoms with E-state index in [0.717, 1.165) is 22.3 Å². The maximum absolute atomic E-state index is 13.6. The summed E-state index contributed by atoms with van der Waals surface area (Å²) in [6.07, 6.45) is 0. The lowest BCUT2D eigenvalue weighted by Crippen LogP contribution is -2.71. The van der Waals surface area contributed by atoms with Crippen molar-refractivity contribution in [3.63, 3.8) is 0 Å². The van der Waals surface area contributed by atoms with E-state index in [1.54, 1.807) is 20.8 Å². The second kappa shape index (κ2) is 13.4. The number of thiazole rings is 1. The number of thioether (sulfide) groups is 1. The minimum absolute atomic E-state index is 0.0131. The maximum atomic E-state index is 13.6. The van der Waals surface area contributed by atoms with E-state index in [0.29, 0.717) is 5.57 Å². The molecule has 17 heteroatoms. The van der Waals surface area contributed by atoms with Crippen molar-refractivity contribution in [1.29, 1.82) is 0 Å². The number of rotatable bonds is 11. The molecule has 0 bridgehead atoms. The summed E-state index contributed by atoms with van der Waals surface area (Å²) in [6.45, 7) is 2.66. The number of amides is 2. The molecule has 1 aromatic carbocycles. The number of benzene rings is 1. The number of nitrogens with zero attached hydrogens (tertiary/aromatic N) is 3. The molecule has 2 amide bonds. The van der Waals surface area contributed by atoms with Crippen LogP contribution in [0.25, 0.3) is 0 Å². The van der Waals surface area contributed by atoms with E-state index in [9.17, 15) is 28.0 Å². The number of β-lactam (4-membered cyclic amide) rings is 1. The molecule has 1 aromatic heterocycles. The first kappa shape index (κ1) is 31.7. The Morgan fingerprint density at radius 3 is 2.67 bits per heavy atom. The molecule has 0 aliphatic carbocycles. The van der Waals surface area contributed by atoms with Crippen molar-refractivity contribution in [2.24, 2.45) is 10.6 Å². The van der Waals surface area contributed by atoms with Gasteiger partial charge in [-0.1, -0.05) is 11.2 Å². The number of carbonyl (C=O) groups excluding carboxylic acids is 4. The zero-order valence-electron chi connectivity index (χ0n) is 23.1. The molecule has 2 aromatic rings. The van der Waals surface area contributed by atoms with Gasteiger partial charge in [0.1, 0.15) is 41.0 Å². The number of fused-ring (bicyclic) bond motifs is 1. The van der Waals surface area contributed by atoms with Crippen molar-refractivity contribution in [3.8, 4) is 5.75 Å². The van der Waals surface area contributed by atoms with Crippen LogP contribution in [0.1, 0.15) is 26.5 Å². The highest BCUT2D eigenvalue weighted by Gasteiger charge is 2.55. The number of aromatic nitrogens is 1. The monoisotopic (exact) mass is 639 g/mol. The summed E-state index contributed by atoms with van der Waals surface area (Å²) >= 11 is 2.23. The van der Waals surface area contributed by atoms with E-state index in [-0.39, 0.29) is 34.6 Å². The lowest BCUT2D eigenvalue weighted by molar-refractivity contribution is -0.173. The summed E-state index contributed by atoms with van der Waals surface area (Å²) in [4.78, 5) is 61.1.